The van der Waals surface area contributed by atoms with Gasteiger partial charge >= 0.3 is 0 Å². The molecule has 0 amide bonds. The molecule has 3 rings (SSSR count). The number of nitrogens with one attached hydrogen (secondary N) is 1. The minimum atomic E-state index is 0.191. The van der Waals surface area contributed by atoms with Gasteiger partial charge in [0.25, 0.3) is 0 Å². The summed E-state index contributed by atoms with van der Waals surface area (Å²) in [6, 6.07) is 7.36. The number of phenols is 1. The highest BCUT2D eigenvalue weighted by atomic mass is 16.5. The molecule has 1 aromatic heterocycles. The molecule has 0 radical (unpaired) electrons. The second-order valence-corrected chi connectivity index (χ2v) is 4.31. The molecule has 0 fully saturated rings. The van der Waals surface area contributed by atoms with Crippen molar-refractivity contribution in [2.75, 3.05) is 13.2 Å². The van der Waals surface area contributed by atoms with E-state index in [0.29, 0.717) is 6.61 Å². The van der Waals surface area contributed by atoms with Gasteiger partial charge in [0.05, 0.1) is 12.6 Å². The Hall–Kier alpha value is -2.01. The Balaban J connectivity index is 1.59. The van der Waals surface area contributed by atoms with Crippen molar-refractivity contribution in [3.05, 3.63) is 42.2 Å². The molecule has 94 valence electrons. The molecule has 18 heavy (non-hydrogen) atoms. The minimum Gasteiger partial charge on any atom is -0.508 e. The van der Waals surface area contributed by atoms with Gasteiger partial charge in [-0.15, -0.1) is 0 Å². The van der Waals surface area contributed by atoms with E-state index in [1.807, 2.05) is 23.0 Å². The average molecular weight is 245 g/mol. The number of hydrogen-bond donors (Lipinski definition) is 2. The summed E-state index contributed by atoms with van der Waals surface area (Å²) in [6.07, 6.45) is 3.72. The number of phenolic OH excluding ortho intramolecular Hbond substituents is 1. The summed E-state index contributed by atoms with van der Waals surface area (Å²) in [5.41, 5.74) is 1.10. The predicted octanol–water partition coefficient (Wildman–Crippen LogP) is 1.31. The Labute approximate surface area is 105 Å². The lowest BCUT2D eigenvalue weighted by atomic mass is 10.1. The maximum absolute atomic E-state index is 9.37. The Kier molecular flexibility index (Phi) is 2.90. The first-order valence-electron chi connectivity index (χ1n) is 5.99. The van der Waals surface area contributed by atoms with Crippen LogP contribution in [0, 0.1) is 0 Å². The smallest absolute Gasteiger partial charge is 0.127 e. The second-order valence-electron chi connectivity index (χ2n) is 4.31. The third-order valence-corrected chi connectivity index (χ3v) is 3.07. The molecule has 1 aliphatic heterocycles. The molecule has 5 nitrogen and oxygen atoms in total. The van der Waals surface area contributed by atoms with Crippen LogP contribution in [0.3, 0.4) is 0 Å². The molecule has 5 heteroatoms. The Morgan fingerprint density at radius 2 is 2.44 bits per heavy atom. The first kappa shape index (κ1) is 11.1. The van der Waals surface area contributed by atoms with Crippen molar-refractivity contribution in [3.8, 4) is 11.5 Å². The molecule has 0 saturated carbocycles. The summed E-state index contributed by atoms with van der Waals surface area (Å²) < 4.78 is 7.42. The van der Waals surface area contributed by atoms with Gasteiger partial charge < -0.3 is 15.2 Å². The van der Waals surface area contributed by atoms with E-state index in [1.54, 1.807) is 18.3 Å². The van der Waals surface area contributed by atoms with Gasteiger partial charge in [-0.1, -0.05) is 0 Å². The lowest BCUT2D eigenvalue weighted by molar-refractivity contribution is 0.308. The van der Waals surface area contributed by atoms with Crippen LogP contribution in [0.15, 0.2) is 36.7 Å². The van der Waals surface area contributed by atoms with Crippen LogP contribution in [0.2, 0.25) is 0 Å². The third kappa shape index (κ3) is 2.17. The molecule has 0 bridgehead atoms. The van der Waals surface area contributed by atoms with Gasteiger partial charge in [-0.05, 0) is 18.2 Å². The fraction of sp³-hybridized carbons (Fsp3) is 0.308. The third-order valence-electron chi connectivity index (χ3n) is 3.07. The van der Waals surface area contributed by atoms with Gasteiger partial charge in [0.15, 0.2) is 0 Å². The van der Waals surface area contributed by atoms with Crippen LogP contribution in [0.25, 0.3) is 0 Å². The Morgan fingerprint density at radius 1 is 1.50 bits per heavy atom. The van der Waals surface area contributed by atoms with Gasteiger partial charge in [-0.25, -0.2) is 0 Å². The van der Waals surface area contributed by atoms with Crippen LogP contribution in [0.4, 0.5) is 0 Å². The van der Waals surface area contributed by atoms with Gasteiger partial charge in [0, 0.05) is 30.6 Å². The first-order chi connectivity index (χ1) is 8.83. The SMILES string of the molecule is Oc1ccc2c(c1)OCC2NCCn1cccn1. The summed E-state index contributed by atoms with van der Waals surface area (Å²) >= 11 is 0. The van der Waals surface area contributed by atoms with Crippen molar-refractivity contribution in [1.29, 1.82) is 0 Å². The molecule has 1 aromatic carbocycles. The molecule has 2 N–H and O–H groups in total. The number of fused-ring (bicyclic) bond motifs is 1. The largest absolute Gasteiger partial charge is 0.508 e. The fourth-order valence-corrected chi connectivity index (χ4v) is 2.15. The van der Waals surface area contributed by atoms with Crippen molar-refractivity contribution < 1.29 is 9.84 Å². The summed E-state index contributed by atoms with van der Waals surface area (Å²) in [5.74, 6) is 1.01. The molecule has 0 spiro atoms. The van der Waals surface area contributed by atoms with E-state index in [0.717, 1.165) is 24.4 Å². The van der Waals surface area contributed by atoms with Gasteiger partial charge in [0.1, 0.15) is 18.1 Å². The summed E-state index contributed by atoms with van der Waals surface area (Å²) in [7, 11) is 0. The van der Waals surface area contributed by atoms with Crippen molar-refractivity contribution in [2.45, 2.75) is 12.6 Å². The number of ether oxygens (including phenoxy) is 1. The standard InChI is InChI=1S/C13H15N3O2/c17-10-2-3-11-12(9-18-13(11)8-10)14-5-7-16-6-1-4-15-16/h1-4,6,8,12,14,17H,5,7,9H2. The van der Waals surface area contributed by atoms with Crippen LogP contribution >= 0.6 is 0 Å². The number of hydrogen-bond acceptors (Lipinski definition) is 4. The highest BCUT2D eigenvalue weighted by molar-refractivity contribution is 5.44. The van der Waals surface area contributed by atoms with Crippen LogP contribution in [0.1, 0.15) is 11.6 Å². The molecule has 1 unspecified atom stereocenters. The number of aromatic nitrogens is 2. The molecule has 1 aliphatic rings. The van der Waals surface area contributed by atoms with E-state index >= 15 is 0 Å². The highest BCUT2D eigenvalue weighted by Gasteiger charge is 2.23. The van der Waals surface area contributed by atoms with Crippen LogP contribution in [-0.2, 0) is 6.54 Å². The second kappa shape index (κ2) is 4.70. The quantitative estimate of drug-likeness (QED) is 0.852. The van der Waals surface area contributed by atoms with E-state index in [-0.39, 0.29) is 11.8 Å². The fourth-order valence-electron chi connectivity index (χ4n) is 2.15. The van der Waals surface area contributed by atoms with Gasteiger partial charge in [-0.3, -0.25) is 4.68 Å². The van der Waals surface area contributed by atoms with E-state index in [9.17, 15) is 5.11 Å². The normalized spacial score (nSPS) is 17.4. The van der Waals surface area contributed by atoms with E-state index < -0.39 is 0 Å². The Morgan fingerprint density at radius 3 is 3.28 bits per heavy atom. The molecule has 0 aliphatic carbocycles. The highest BCUT2D eigenvalue weighted by Crippen LogP contribution is 2.34. The average Bonchev–Trinajstić information content (AvgIpc) is 2.99. The first-order valence-corrected chi connectivity index (χ1v) is 5.99. The molecular formula is C13H15N3O2. The number of nitrogens with zero attached hydrogens (tertiary/aromatic N) is 2. The molecule has 0 saturated heterocycles. The molecule has 2 heterocycles. The summed E-state index contributed by atoms with van der Waals surface area (Å²) in [6.45, 7) is 2.27. The van der Waals surface area contributed by atoms with Crippen molar-refractivity contribution in [3.63, 3.8) is 0 Å². The number of rotatable bonds is 4. The zero-order valence-corrected chi connectivity index (χ0v) is 9.91. The molecule has 1 atom stereocenters. The summed E-state index contributed by atoms with van der Waals surface area (Å²) in [4.78, 5) is 0. The number of benzene rings is 1. The topological polar surface area (TPSA) is 59.3 Å². The lowest BCUT2D eigenvalue weighted by Gasteiger charge is -2.11. The Bertz CT molecular complexity index is 525. The maximum atomic E-state index is 9.37. The zero-order valence-electron chi connectivity index (χ0n) is 9.91. The van der Waals surface area contributed by atoms with Crippen molar-refractivity contribution in [2.24, 2.45) is 0 Å². The van der Waals surface area contributed by atoms with Crippen LogP contribution < -0.4 is 10.1 Å². The van der Waals surface area contributed by atoms with Crippen molar-refractivity contribution >= 4 is 0 Å². The van der Waals surface area contributed by atoms with E-state index in [1.165, 1.54) is 0 Å². The zero-order chi connectivity index (χ0) is 12.4. The molecular weight excluding hydrogens is 230 g/mol. The van der Waals surface area contributed by atoms with Gasteiger partial charge in [0.2, 0.25) is 0 Å². The molecule has 2 aromatic rings. The minimum absolute atomic E-state index is 0.191. The monoisotopic (exact) mass is 245 g/mol. The van der Waals surface area contributed by atoms with E-state index in [2.05, 4.69) is 10.4 Å². The van der Waals surface area contributed by atoms with Crippen LogP contribution in [-0.4, -0.2) is 28.0 Å². The van der Waals surface area contributed by atoms with Crippen LogP contribution in [0.5, 0.6) is 11.5 Å². The lowest BCUT2D eigenvalue weighted by Crippen LogP contribution is -2.26. The van der Waals surface area contributed by atoms with E-state index in [4.69, 9.17) is 4.74 Å². The number of aromatic hydroxyl groups is 1. The maximum Gasteiger partial charge on any atom is 0.127 e. The van der Waals surface area contributed by atoms with Crippen molar-refractivity contribution in [1.82, 2.24) is 15.1 Å². The summed E-state index contributed by atoms with van der Waals surface area (Å²) in [5, 5.41) is 16.9. The predicted molar refractivity (Wildman–Crippen MR) is 66.6 cm³/mol. The van der Waals surface area contributed by atoms with Gasteiger partial charge in [-0.2, -0.15) is 5.10 Å².